The van der Waals surface area contributed by atoms with E-state index in [2.05, 4.69) is 5.32 Å². The van der Waals surface area contributed by atoms with E-state index >= 15 is 0 Å². The van der Waals surface area contributed by atoms with Gasteiger partial charge in [-0.05, 0) is 19.3 Å². The van der Waals surface area contributed by atoms with Gasteiger partial charge in [0.15, 0.2) is 0 Å². The monoisotopic (exact) mass is 197 g/mol. The van der Waals surface area contributed by atoms with E-state index in [0.29, 0.717) is 0 Å². The predicted octanol–water partition coefficient (Wildman–Crippen LogP) is 1.44. The van der Waals surface area contributed by atoms with E-state index in [0.717, 1.165) is 19.3 Å². The minimum atomic E-state index is -4.10. The zero-order valence-electron chi connectivity index (χ0n) is 7.32. The first-order chi connectivity index (χ1) is 5.97. The molecule has 1 fully saturated rings. The van der Waals surface area contributed by atoms with Crippen LogP contribution in [0.4, 0.5) is 13.2 Å². The molecular weight excluding hydrogens is 183 g/mol. The van der Waals surface area contributed by atoms with Crippen LogP contribution in [0, 0.1) is 0 Å². The van der Waals surface area contributed by atoms with E-state index in [1.54, 1.807) is 0 Å². The molecule has 13 heavy (non-hydrogen) atoms. The van der Waals surface area contributed by atoms with Crippen molar-refractivity contribution in [2.75, 3.05) is 13.2 Å². The molecule has 0 aromatic heterocycles. The SMILES string of the molecule is OCC1(NCCC(F)(F)F)CCC1. The normalized spacial score (nSPS) is 21.2. The number of alkyl halides is 3. The zero-order chi connectivity index (χ0) is 9.95. The van der Waals surface area contributed by atoms with Gasteiger partial charge < -0.3 is 10.4 Å². The molecule has 1 rings (SSSR count). The summed E-state index contributed by atoms with van der Waals surface area (Å²) in [5.41, 5.74) is -0.411. The number of halogens is 3. The maximum absolute atomic E-state index is 11.8. The summed E-state index contributed by atoms with van der Waals surface area (Å²) in [5.74, 6) is 0. The summed E-state index contributed by atoms with van der Waals surface area (Å²) in [5, 5.41) is 11.7. The van der Waals surface area contributed by atoms with Crippen molar-refractivity contribution in [2.45, 2.75) is 37.4 Å². The molecule has 78 valence electrons. The van der Waals surface area contributed by atoms with Gasteiger partial charge in [-0.2, -0.15) is 13.2 Å². The second-order valence-electron chi connectivity index (χ2n) is 3.58. The van der Waals surface area contributed by atoms with Gasteiger partial charge in [-0.25, -0.2) is 0 Å². The summed E-state index contributed by atoms with van der Waals surface area (Å²) >= 11 is 0. The van der Waals surface area contributed by atoms with Gasteiger partial charge in [0.2, 0.25) is 0 Å². The van der Waals surface area contributed by atoms with Crippen molar-refractivity contribution >= 4 is 0 Å². The Kier molecular flexibility index (Phi) is 3.18. The molecule has 0 unspecified atom stereocenters. The molecule has 0 saturated heterocycles. The van der Waals surface area contributed by atoms with Crippen LogP contribution < -0.4 is 5.32 Å². The number of aliphatic hydroxyl groups is 1. The van der Waals surface area contributed by atoms with Crippen LogP contribution >= 0.6 is 0 Å². The molecule has 0 bridgehead atoms. The summed E-state index contributed by atoms with van der Waals surface area (Å²) in [6.45, 7) is -0.158. The molecule has 0 aliphatic heterocycles. The van der Waals surface area contributed by atoms with Crippen LogP contribution in [-0.4, -0.2) is 30.0 Å². The van der Waals surface area contributed by atoms with Gasteiger partial charge in [0.05, 0.1) is 13.0 Å². The van der Waals surface area contributed by atoms with Gasteiger partial charge in [-0.15, -0.1) is 0 Å². The Balaban J connectivity index is 2.18. The van der Waals surface area contributed by atoms with Gasteiger partial charge in [-0.1, -0.05) is 0 Å². The summed E-state index contributed by atoms with van der Waals surface area (Å²) < 4.78 is 35.3. The van der Waals surface area contributed by atoms with Gasteiger partial charge >= 0.3 is 6.18 Å². The third kappa shape index (κ3) is 3.15. The van der Waals surface area contributed by atoms with Gasteiger partial charge in [0.25, 0.3) is 0 Å². The molecule has 0 aromatic carbocycles. The van der Waals surface area contributed by atoms with Crippen LogP contribution in [-0.2, 0) is 0 Å². The minimum absolute atomic E-state index is 0.0646. The average molecular weight is 197 g/mol. The van der Waals surface area contributed by atoms with E-state index in [1.807, 2.05) is 0 Å². The number of nitrogens with one attached hydrogen (secondary N) is 1. The molecule has 0 radical (unpaired) electrons. The second kappa shape index (κ2) is 3.84. The van der Waals surface area contributed by atoms with Crippen molar-refractivity contribution in [3.8, 4) is 0 Å². The van der Waals surface area contributed by atoms with Crippen LogP contribution in [0.15, 0.2) is 0 Å². The fourth-order valence-electron chi connectivity index (χ4n) is 1.46. The smallest absolute Gasteiger partial charge is 0.390 e. The molecule has 0 spiro atoms. The van der Waals surface area contributed by atoms with Crippen LogP contribution in [0.2, 0.25) is 0 Å². The second-order valence-corrected chi connectivity index (χ2v) is 3.58. The highest BCUT2D eigenvalue weighted by Crippen LogP contribution is 2.31. The molecule has 1 saturated carbocycles. The Labute approximate surface area is 75.1 Å². The Hall–Kier alpha value is -0.290. The summed E-state index contributed by atoms with van der Waals surface area (Å²) in [4.78, 5) is 0. The van der Waals surface area contributed by atoms with Crippen molar-refractivity contribution in [3.63, 3.8) is 0 Å². The molecule has 5 heteroatoms. The van der Waals surface area contributed by atoms with E-state index in [4.69, 9.17) is 5.11 Å². The van der Waals surface area contributed by atoms with E-state index in [-0.39, 0.29) is 13.2 Å². The molecule has 0 amide bonds. The summed E-state index contributed by atoms with van der Waals surface area (Å²) in [6.07, 6.45) is -2.38. The maximum atomic E-state index is 11.8. The lowest BCUT2D eigenvalue weighted by molar-refractivity contribution is -0.135. The number of hydrogen-bond acceptors (Lipinski definition) is 2. The molecule has 1 aliphatic carbocycles. The minimum Gasteiger partial charge on any atom is -0.394 e. The van der Waals surface area contributed by atoms with Crippen LogP contribution in [0.1, 0.15) is 25.7 Å². The van der Waals surface area contributed by atoms with Gasteiger partial charge in [0.1, 0.15) is 0 Å². The first-order valence-corrected chi connectivity index (χ1v) is 4.40. The predicted molar refractivity (Wildman–Crippen MR) is 42.3 cm³/mol. The van der Waals surface area contributed by atoms with E-state index in [9.17, 15) is 13.2 Å². The quantitative estimate of drug-likeness (QED) is 0.714. The third-order valence-electron chi connectivity index (χ3n) is 2.52. The van der Waals surface area contributed by atoms with Crippen molar-refractivity contribution in [1.29, 1.82) is 0 Å². The molecule has 2 nitrogen and oxygen atoms in total. The van der Waals surface area contributed by atoms with Crippen molar-refractivity contribution in [2.24, 2.45) is 0 Å². The number of hydrogen-bond donors (Lipinski definition) is 2. The maximum Gasteiger partial charge on any atom is 0.390 e. The Morgan fingerprint density at radius 1 is 1.31 bits per heavy atom. The lowest BCUT2D eigenvalue weighted by Crippen LogP contribution is -2.54. The van der Waals surface area contributed by atoms with Crippen LogP contribution in [0.5, 0.6) is 0 Å². The standard InChI is InChI=1S/C8H14F3NO/c9-8(10,11)4-5-12-7(6-13)2-1-3-7/h12-13H,1-6H2. The highest BCUT2D eigenvalue weighted by atomic mass is 19.4. The zero-order valence-corrected chi connectivity index (χ0v) is 7.32. The molecule has 0 atom stereocenters. The topological polar surface area (TPSA) is 32.3 Å². The first-order valence-electron chi connectivity index (χ1n) is 4.40. The molecule has 0 aromatic rings. The Morgan fingerprint density at radius 3 is 2.23 bits per heavy atom. The summed E-state index contributed by atoms with van der Waals surface area (Å²) in [6, 6.07) is 0. The van der Waals surface area contributed by atoms with Gasteiger partial charge in [0, 0.05) is 12.1 Å². The molecular formula is C8H14F3NO. The summed E-state index contributed by atoms with van der Waals surface area (Å²) in [7, 11) is 0. The first kappa shape index (κ1) is 10.8. The highest BCUT2D eigenvalue weighted by Gasteiger charge is 2.36. The Bertz CT molecular complexity index is 160. The molecule has 2 N–H and O–H groups in total. The van der Waals surface area contributed by atoms with E-state index in [1.165, 1.54) is 0 Å². The van der Waals surface area contributed by atoms with Crippen molar-refractivity contribution < 1.29 is 18.3 Å². The van der Waals surface area contributed by atoms with Crippen molar-refractivity contribution in [3.05, 3.63) is 0 Å². The van der Waals surface area contributed by atoms with Crippen LogP contribution in [0.3, 0.4) is 0 Å². The lowest BCUT2D eigenvalue weighted by Gasteiger charge is -2.41. The van der Waals surface area contributed by atoms with Crippen LogP contribution in [0.25, 0.3) is 0 Å². The van der Waals surface area contributed by atoms with E-state index < -0.39 is 18.1 Å². The fraction of sp³-hybridized carbons (Fsp3) is 1.00. The lowest BCUT2D eigenvalue weighted by atomic mass is 9.77. The fourth-order valence-corrected chi connectivity index (χ4v) is 1.46. The Morgan fingerprint density at radius 2 is 1.92 bits per heavy atom. The number of aliphatic hydroxyl groups excluding tert-OH is 1. The number of rotatable bonds is 4. The van der Waals surface area contributed by atoms with Gasteiger partial charge in [-0.3, -0.25) is 0 Å². The third-order valence-corrected chi connectivity index (χ3v) is 2.52. The average Bonchev–Trinajstić information content (AvgIpc) is 1.92. The molecule has 0 heterocycles. The van der Waals surface area contributed by atoms with Crippen molar-refractivity contribution in [1.82, 2.24) is 5.32 Å². The molecule has 1 aliphatic rings. The highest BCUT2D eigenvalue weighted by molar-refractivity contribution is 4.95. The largest absolute Gasteiger partial charge is 0.394 e.